The molecule has 1 N–H and O–H groups in total. The molecule has 1 aromatic heterocycles. The fourth-order valence-corrected chi connectivity index (χ4v) is 6.29. The van der Waals surface area contributed by atoms with Gasteiger partial charge in [-0.15, -0.1) is 0 Å². The van der Waals surface area contributed by atoms with Crippen molar-refractivity contribution in [2.75, 3.05) is 19.0 Å². The molecule has 1 amide bonds. The van der Waals surface area contributed by atoms with Gasteiger partial charge in [0.05, 0.1) is 22.2 Å². The number of thiazole rings is 1. The zero-order chi connectivity index (χ0) is 22.2. The van der Waals surface area contributed by atoms with E-state index in [9.17, 15) is 13.2 Å². The highest BCUT2D eigenvalue weighted by Crippen LogP contribution is 2.31. The first-order valence-electron chi connectivity index (χ1n) is 10.2. The number of aromatic nitrogens is 1. The minimum atomic E-state index is -3.79. The Morgan fingerprint density at radius 2 is 1.97 bits per heavy atom. The third-order valence-electron chi connectivity index (χ3n) is 5.48. The van der Waals surface area contributed by atoms with Gasteiger partial charge < -0.3 is 10.1 Å². The Bertz CT molecular complexity index is 1200. The number of ether oxygens (including phenoxy) is 1. The van der Waals surface area contributed by atoms with Crippen molar-refractivity contribution in [2.24, 2.45) is 0 Å². The average molecular weight is 460 g/mol. The zero-order valence-electron chi connectivity index (χ0n) is 17.7. The van der Waals surface area contributed by atoms with Crippen LogP contribution in [0.2, 0.25) is 0 Å². The zero-order valence-corrected chi connectivity index (χ0v) is 19.3. The predicted molar refractivity (Wildman–Crippen MR) is 122 cm³/mol. The standard InChI is InChI=1S/C22H25N3O4S2/c1-14(2)15-6-11-18-20(13-15)30-22(23-18)24-21(26)19-5-4-12-25(19)31(27,28)17-9-7-16(29-3)8-10-17/h6-11,13-14,19H,4-5,12H2,1-3H3,(H,23,24,26). The first-order chi connectivity index (χ1) is 14.8. The van der Waals surface area contributed by atoms with Crippen LogP contribution in [0.4, 0.5) is 5.13 Å². The lowest BCUT2D eigenvalue weighted by molar-refractivity contribution is -0.119. The van der Waals surface area contributed by atoms with Crippen molar-refractivity contribution in [2.45, 2.75) is 43.5 Å². The molecule has 1 atom stereocenters. The van der Waals surface area contributed by atoms with E-state index in [4.69, 9.17) is 4.74 Å². The highest BCUT2D eigenvalue weighted by Gasteiger charge is 2.39. The van der Waals surface area contributed by atoms with Gasteiger partial charge >= 0.3 is 0 Å². The first-order valence-corrected chi connectivity index (χ1v) is 12.4. The molecule has 31 heavy (non-hydrogen) atoms. The van der Waals surface area contributed by atoms with Crippen molar-refractivity contribution < 1.29 is 17.9 Å². The molecule has 0 radical (unpaired) electrons. The molecular weight excluding hydrogens is 434 g/mol. The summed E-state index contributed by atoms with van der Waals surface area (Å²) < 4.78 is 33.7. The number of fused-ring (bicyclic) bond motifs is 1. The number of hydrogen-bond donors (Lipinski definition) is 1. The van der Waals surface area contributed by atoms with E-state index in [2.05, 4.69) is 30.2 Å². The van der Waals surface area contributed by atoms with Crippen LogP contribution in [0.5, 0.6) is 5.75 Å². The number of carbonyl (C=O) groups excluding carboxylic acids is 1. The maximum absolute atomic E-state index is 13.1. The van der Waals surface area contributed by atoms with Crippen molar-refractivity contribution in [3.63, 3.8) is 0 Å². The van der Waals surface area contributed by atoms with E-state index >= 15 is 0 Å². The quantitative estimate of drug-likeness (QED) is 0.596. The molecule has 3 aromatic rings. The summed E-state index contributed by atoms with van der Waals surface area (Å²) >= 11 is 1.40. The molecule has 0 bridgehead atoms. The van der Waals surface area contributed by atoms with Crippen LogP contribution in [0.15, 0.2) is 47.4 Å². The maximum Gasteiger partial charge on any atom is 0.244 e. The van der Waals surface area contributed by atoms with Crippen LogP contribution in [0.3, 0.4) is 0 Å². The number of nitrogens with one attached hydrogen (secondary N) is 1. The number of rotatable bonds is 6. The second-order valence-electron chi connectivity index (χ2n) is 7.84. The Morgan fingerprint density at radius 3 is 2.65 bits per heavy atom. The molecule has 9 heteroatoms. The van der Waals surface area contributed by atoms with Gasteiger partial charge in [-0.3, -0.25) is 4.79 Å². The number of hydrogen-bond acceptors (Lipinski definition) is 6. The van der Waals surface area contributed by atoms with Crippen LogP contribution in [-0.4, -0.2) is 43.3 Å². The average Bonchev–Trinajstić information content (AvgIpc) is 3.40. The third kappa shape index (κ3) is 4.30. The van der Waals surface area contributed by atoms with Crippen molar-refractivity contribution in [3.8, 4) is 5.75 Å². The summed E-state index contributed by atoms with van der Waals surface area (Å²) in [5.41, 5.74) is 2.03. The second-order valence-corrected chi connectivity index (χ2v) is 10.8. The Hall–Kier alpha value is -2.49. The van der Waals surface area contributed by atoms with E-state index in [-0.39, 0.29) is 10.8 Å². The van der Waals surface area contributed by atoms with Crippen molar-refractivity contribution in [3.05, 3.63) is 48.0 Å². The minimum absolute atomic E-state index is 0.147. The molecule has 1 aliphatic heterocycles. The molecule has 1 fully saturated rings. The molecular formula is C22H25N3O4S2. The van der Waals surface area contributed by atoms with E-state index in [1.807, 2.05) is 12.1 Å². The van der Waals surface area contributed by atoms with Crippen LogP contribution in [0.25, 0.3) is 10.2 Å². The molecule has 1 unspecified atom stereocenters. The molecule has 1 saturated heterocycles. The van der Waals surface area contributed by atoms with Crippen molar-refractivity contribution in [1.82, 2.24) is 9.29 Å². The highest BCUT2D eigenvalue weighted by molar-refractivity contribution is 7.89. The van der Waals surface area contributed by atoms with Gasteiger partial charge in [-0.2, -0.15) is 4.31 Å². The van der Waals surface area contributed by atoms with E-state index < -0.39 is 16.1 Å². The third-order valence-corrected chi connectivity index (χ3v) is 8.34. The number of sulfonamides is 1. The number of methoxy groups -OCH3 is 1. The molecule has 0 spiro atoms. The van der Waals surface area contributed by atoms with E-state index in [0.29, 0.717) is 36.2 Å². The molecule has 2 heterocycles. The van der Waals surface area contributed by atoms with Gasteiger partial charge in [0.25, 0.3) is 0 Å². The summed E-state index contributed by atoms with van der Waals surface area (Å²) in [4.78, 5) is 17.6. The van der Waals surface area contributed by atoms with Gasteiger partial charge in [-0.1, -0.05) is 31.3 Å². The molecule has 7 nitrogen and oxygen atoms in total. The topological polar surface area (TPSA) is 88.6 Å². The van der Waals surface area contributed by atoms with Crippen LogP contribution in [0, 0.1) is 0 Å². The monoisotopic (exact) mass is 459 g/mol. The molecule has 0 saturated carbocycles. The van der Waals surface area contributed by atoms with E-state index in [1.165, 1.54) is 40.4 Å². The van der Waals surface area contributed by atoms with Gasteiger partial charge in [-0.05, 0) is 60.7 Å². The number of nitrogens with zero attached hydrogens (tertiary/aromatic N) is 2. The van der Waals surface area contributed by atoms with E-state index in [0.717, 1.165) is 10.2 Å². The van der Waals surface area contributed by atoms with Crippen LogP contribution < -0.4 is 10.1 Å². The molecule has 0 aliphatic carbocycles. The summed E-state index contributed by atoms with van der Waals surface area (Å²) in [5.74, 6) is 0.628. The van der Waals surface area contributed by atoms with Gasteiger partial charge in [0.15, 0.2) is 5.13 Å². The van der Waals surface area contributed by atoms with Gasteiger partial charge in [0.2, 0.25) is 15.9 Å². The summed E-state index contributed by atoms with van der Waals surface area (Å²) in [5, 5.41) is 3.32. The molecule has 1 aliphatic rings. The van der Waals surface area contributed by atoms with Crippen LogP contribution in [0.1, 0.15) is 38.2 Å². The molecule has 164 valence electrons. The van der Waals surface area contributed by atoms with Crippen molar-refractivity contribution >= 4 is 42.6 Å². The maximum atomic E-state index is 13.1. The Morgan fingerprint density at radius 1 is 1.23 bits per heavy atom. The Labute approximate surface area is 186 Å². The predicted octanol–water partition coefficient (Wildman–Crippen LogP) is 4.22. The normalized spacial score (nSPS) is 17.4. The largest absolute Gasteiger partial charge is 0.497 e. The number of amides is 1. The summed E-state index contributed by atoms with van der Waals surface area (Å²) in [6.07, 6.45) is 1.11. The smallest absolute Gasteiger partial charge is 0.244 e. The summed E-state index contributed by atoms with van der Waals surface area (Å²) in [6, 6.07) is 11.5. The number of anilines is 1. The van der Waals surface area contributed by atoms with Gasteiger partial charge in [-0.25, -0.2) is 13.4 Å². The minimum Gasteiger partial charge on any atom is -0.497 e. The Balaban J connectivity index is 1.54. The van der Waals surface area contributed by atoms with Crippen molar-refractivity contribution in [1.29, 1.82) is 0 Å². The Kier molecular flexibility index (Phi) is 6.00. The lowest BCUT2D eigenvalue weighted by atomic mass is 10.0. The number of benzene rings is 2. The van der Waals surface area contributed by atoms with Gasteiger partial charge in [0.1, 0.15) is 11.8 Å². The lowest BCUT2D eigenvalue weighted by Gasteiger charge is -2.23. The lowest BCUT2D eigenvalue weighted by Crippen LogP contribution is -2.43. The highest BCUT2D eigenvalue weighted by atomic mass is 32.2. The van der Waals surface area contributed by atoms with Crippen LogP contribution >= 0.6 is 11.3 Å². The fourth-order valence-electron chi connectivity index (χ4n) is 3.72. The fraction of sp³-hybridized carbons (Fsp3) is 0.364. The molecule has 4 rings (SSSR count). The first kappa shape index (κ1) is 21.7. The SMILES string of the molecule is COc1ccc(S(=O)(=O)N2CCCC2C(=O)Nc2nc3ccc(C(C)C)cc3s2)cc1. The van der Waals surface area contributed by atoms with E-state index in [1.54, 1.807) is 12.1 Å². The second kappa shape index (κ2) is 8.57. The summed E-state index contributed by atoms with van der Waals surface area (Å²) in [6.45, 7) is 4.57. The van der Waals surface area contributed by atoms with Gasteiger partial charge in [0, 0.05) is 6.54 Å². The molecule has 2 aromatic carbocycles. The number of carbonyl (C=O) groups is 1. The summed E-state index contributed by atoms with van der Waals surface area (Å²) in [7, 11) is -2.27. The van der Waals surface area contributed by atoms with Crippen LogP contribution in [-0.2, 0) is 14.8 Å².